The van der Waals surface area contributed by atoms with E-state index in [1.807, 2.05) is 13.0 Å². The molecule has 0 radical (unpaired) electrons. The summed E-state index contributed by atoms with van der Waals surface area (Å²) in [6, 6.07) is 3.54. The Balaban J connectivity index is 2.53. The van der Waals surface area contributed by atoms with Crippen molar-refractivity contribution in [3.05, 3.63) is 56.5 Å². The molecule has 0 spiro atoms. The molecule has 0 aliphatic heterocycles. The highest BCUT2D eigenvalue weighted by Gasteiger charge is 2.10. The number of aryl methyl sites for hydroxylation is 2. The molecule has 2 rings (SSSR count). The molecule has 2 N–H and O–H groups in total. The van der Waals surface area contributed by atoms with Gasteiger partial charge in [0.1, 0.15) is 5.82 Å². The second-order valence-electron chi connectivity index (χ2n) is 5.05. The van der Waals surface area contributed by atoms with Crippen molar-refractivity contribution in [2.24, 2.45) is 12.8 Å². The summed E-state index contributed by atoms with van der Waals surface area (Å²) in [6.07, 6.45) is 3.87. The van der Waals surface area contributed by atoms with Crippen LogP contribution in [0.25, 0.3) is 5.82 Å². The van der Waals surface area contributed by atoms with Gasteiger partial charge in [-0.3, -0.25) is 4.79 Å². The third-order valence-corrected chi connectivity index (χ3v) is 3.02. The summed E-state index contributed by atoms with van der Waals surface area (Å²) < 4.78 is 2.44. The lowest BCUT2D eigenvalue weighted by Gasteiger charge is -2.09. The van der Waals surface area contributed by atoms with E-state index in [-0.39, 0.29) is 11.6 Å². The standard InChI is InChI=1S/C14H18N4O2/c1-9-8-17(3)14(20)18(13(9)19)12-5-4-11(7-16-12)6-10(2)15/h4-5,7-8,10H,6,15H2,1-3H3. The van der Waals surface area contributed by atoms with E-state index in [1.54, 1.807) is 26.2 Å². The average Bonchev–Trinajstić information content (AvgIpc) is 2.38. The highest BCUT2D eigenvalue weighted by Crippen LogP contribution is 2.04. The summed E-state index contributed by atoms with van der Waals surface area (Å²) in [7, 11) is 1.61. The van der Waals surface area contributed by atoms with Crippen LogP contribution in [-0.2, 0) is 13.5 Å². The fourth-order valence-corrected chi connectivity index (χ4v) is 2.07. The van der Waals surface area contributed by atoms with Crippen LogP contribution in [0.5, 0.6) is 0 Å². The van der Waals surface area contributed by atoms with Crippen molar-refractivity contribution >= 4 is 0 Å². The molecule has 0 amide bonds. The molecule has 0 aliphatic carbocycles. The summed E-state index contributed by atoms with van der Waals surface area (Å²) in [6.45, 7) is 3.58. The Labute approximate surface area is 116 Å². The van der Waals surface area contributed by atoms with E-state index in [0.717, 1.165) is 10.1 Å². The lowest BCUT2D eigenvalue weighted by molar-refractivity contribution is 0.712. The molecular weight excluding hydrogens is 256 g/mol. The minimum atomic E-state index is -0.409. The fraction of sp³-hybridized carbons (Fsp3) is 0.357. The molecule has 20 heavy (non-hydrogen) atoms. The van der Waals surface area contributed by atoms with Crippen LogP contribution in [0.1, 0.15) is 18.1 Å². The lowest BCUT2D eigenvalue weighted by Crippen LogP contribution is -2.39. The number of nitrogens with two attached hydrogens (primary N) is 1. The van der Waals surface area contributed by atoms with Gasteiger partial charge in [0, 0.05) is 31.0 Å². The van der Waals surface area contributed by atoms with E-state index >= 15 is 0 Å². The maximum absolute atomic E-state index is 12.1. The molecule has 1 unspecified atom stereocenters. The molecule has 0 saturated carbocycles. The Hall–Kier alpha value is -2.21. The molecule has 0 saturated heterocycles. The Bertz CT molecular complexity index is 692. The molecule has 0 bridgehead atoms. The number of hydrogen-bond donors (Lipinski definition) is 1. The van der Waals surface area contributed by atoms with Crippen molar-refractivity contribution in [3.8, 4) is 5.82 Å². The zero-order valence-corrected chi connectivity index (χ0v) is 11.8. The predicted octanol–water partition coefficient (Wildman–Crippen LogP) is 0.129. The average molecular weight is 274 g/mol. The second kappa shape index (κ2) is 5.42. The van der Waals surface area contributed by atoms with Crippen molar-refractivity contribution in [3.63, 3.8) is 0 Å². The van der Waals surface area contributed by atoms with Crippen molar-refractivity contribution in [1.82, 2.24) is 14.1 Å². The SMILES string of the molecule is Cc1cn(C)c(=O)n(-c2ccc(CC(C)N)cn2)c1=O. The number of nitrogens with zero attached hydrogens (tertiary/aromatic N) is 3. The van der Waals surface area contributed by atoms with Gasteiger partial charge in [0.2, 0.25) is 0 Å². The largest absolute Gasteiger partial charge is 0.336 e. The zero-order chi connectivity index (χ0) is 14.9. The predicted molar refractivity (Wildman–Crippen MR) is 77.2 cm³/mol. The van der Waals surface area contributed by atoms with Crippen LogP contribution < -0.4 is 17.0 Å². The zero-order valence-electron chi connectivity index (χ0n) is 11.8. The quantitative estimate of drug-likeness (QED) is 0.862. The van der Waals surface area contributed by atoms with Gasteiger partial charge in [0.25, 0.3) is 5.56 Å². The molecule has 0 aromatic carbocycles. The van der Waals surface area contributed by atoms with E-state index in [9.17, 15) is 9.59 Å². The Morgan fingerprint density at radius 2 is 2.05 bits per heavy atom. The highest BCUT2D eigenvalue weighted by molar-refractivity contribution is 5.26. The summed E-state index contributed by atoms with van der Waals surface area (Å²) in [5, 5.41) is 0. The molecule has 0 fully saturated rings. The molecular formula is C14H18N4O2. The fourth-order valence-electron chi connectivity index (χ4n) is 2.07. The van der Waals surface area contributed by atoms with Crippen molar-refractivity contribution in [1.29, 1.82) is 0 Å². The first-order valence-electron chi connectivity index (χ1n) is 6.40. The van der Waals surface area contributed by atoms with Gasteiger partial charge in [-0.2, -0.15) is 0 Å². The first kappa shape index (κ1) is 14.2. The van der Waals surface area contributed by atoms with E-state index in [1.165, 1.54) is 10.8 Å². The molecule has 106 valence electrons. The molecule has 6 nitrogen and oxygen atoms in total. The van der Waals surface area contributed by atoms with E-state index in [0.29, 0.717) is 17.8 Å². The normalized spacial score (nSPS) is 12.4. The van der Waals surface area contributed by atoms with Crippen LogP contribution in [0.3, 0.4) is 0 Å². The van der Waals surface area contributed by atoms with Gasteiger partial charge < -0.3 is 10.3 Å². The summed E-state index contributed by atoms with van der Waals surface area (Å²) in [4.78, 5) is 28.4. The molecule has 2 aromatic rings. The van der Waals surface area contributed by atoms with Gasteiger partial charge >= 0.3 is 5.69 Å². The van der Waals surface area contributed by atoms with Crippen LogP contribution in [0, 0.1) is 6.92 Å². The smallest absolute Gasteiger partial charge is 0.328 e. The Kier molecular flexibility index (Phi) is 3.85. The molecule has 2 heterocycles. The minimum absolute atomic E-state index is 0.0391. The summed E-state index contributed by atoms with van der Waals surface area (Å²) in [5.74, 6) is 0.327. The van der Waals surface area contributed by atoms with Crippen LogP contribution in [0.4, 0.5) is 0 Å². The topological polar surface area (TPSA) is 82.9 Å². The van der Waals surface area contributed by atoms with E-state index < -0.39 is 5.69 Å². The number of aromatic nitrogens is 3. The monoisotopic (exact) mass is 274 g/mol. The first-order valence-corrected chi connectivity index (χ1v) is 6.40. The van der Waals surface area contributed by atoms with Crippen LogP contribution in [0.2, 0.25) is 0 Å². The maximum atomic E-state index is 12.1. The number of rotatable bonds is 3. The van der Waals surface area contributed by atoms with Gasteiger partial charge in [-0.05, 0) is 31.9 Å². The van der Waals surface area contributed by atoms with Crippen molar-refractivity contribution < 1.29 is 0 Å². The van der Waals surface area contributed by atoms with Gasteiger partial charge in [-0.15, -0.1) is 0 Å². The molecule has 0 aliphatic rings. The van der Waals surface area contributed by atoms with Gasteiger partial charge in [-0.25, -0.2) is 14.3 Å². The molecule has 1 atom stereocenters. The molecule has 2 aromatic heterocycles. The Morgan fingerprint density at radius 1 is 1.35 bits per heavy atom. The minimum Gasteiger partial charge on any atom is -0.328 e. The van der Waals surface area contributed by atoms with Crippen LogP contribution in [0.15, 0.2) is 34.1 Å². The second-order valence-corrected chi connectivity index (χ2v) is 5.05. The van der Waals surface area contributed by atoms with Crippen molar-refractivity contribution in [2.45, 2.75) is 26.3 Å². The van der Waals surface area contributed by atoms with Gasteiger partial charge in [-0.1, -0.05) is 6.07 Å². The lowest BCUT2D eigenvalue weighted by atomic mass is 10.1. The van der Waals surface area contributed by atoms with Gasteiger partial charge in [0.15, 0.2) is 0 Å². The third-order valence-electron chi connectivity index (χ3n) is 3.02. The maximum Gasteiger partial charge on any atom is 0.336 e. The first-order chi connectivity index (χ1) is 9.40. The van der Waals surface area contributed by atoms with Crippen molar-refractivity contribution in [2.75, 3.05) is 0 Å². The summed E-state index contributed by atoms with van der Waals surface area (Å²) in [5.41, 5.74) is 6.44. The van der Waals surface area contributed by atoms with E-state index in [2.05, 4.69) is 4.98 Å². The highest BCUT2D eigenvalue weighted by atomic mass is 16.2. The Morgan fingerprint density at radius 3 is 2.60 bits per heavy atom. The third kappa shape index (κ3) is 2.70. The molecule has 6 heteroatoms. The van der Waals surface area contributed by atoms with Crippen LogP contribution >= 0.6 is 0 Å². The van der Waals surface area contributed by atoms with Crippen LogP contribution in [-0.4, -0.2) is 20.2 Å². The van der Waals surface area contributed by atoms with E-state index in [4.69, 9.17) is 5.73 Å². The van der Waals surface area contributed by atoms with Gasteiger partial charge in [0.05, 0.1) is 0 Å². The summed E-state index contributed by atoms with van der Waals surface area (Å²) >= 11 is 0. The number of hydrogen-bond acceptors (Lipinski definition) is 4. The number of pyridine rings is 1.